The molecule has 31 heavy (non-hydrogen) atoms. The number of nitrogens with one attached hydrogen (secondary N) is 2. The van der Waals surface area contributed by atoms with Crippen molar-refractivity contribution in [3.63, 3.8) is 0 Å². The number of hydrogen-bond acceptors (Lipinski definition) is 3. The Morgan fingerprint density at radius 2 is 1.68 bits per heavy atom. The van der Waals surface area contributed by atoms with Crippen molar-refractivity contribution >= 4 is 28.5 Å². The van der Waals surface area contributed by atoms with Gasteiger partial charge in [-0.1, -0.05) is 24.3 Å². The van der Waals surface area contributed by atoms with Crippen LogP contribution < -0.4 is 10.6 Å². The van der Waals surface area contributed by atoms with Crippen LogP contribution in [0.3, 0.4) is 0 Å². The zero-order valence-electron chi connectivity index (χ0n) is 17.1. The summed E-state index contributed by atoms with van der Waals surface area (Å²) in [5.41, 5.74) is 4.36. The van der Waals surface area contributed by atoms with Crippen LogP contribution >= 0.6 is 0 Å². The van der Waals surface area contributed by atoms with Gasteiger partial charge in [0.25, 0.3) is 11.8 Å². The van der Waals surface area contributed by atoms with Crippen LogP contribution in [0.15, 0.2) is 72.8 Å². The largest absolute Gasteiger partial charge is 0.349 e. The summed E-state index contributed by atoms with van der Waals surface area (Å²) in [5, 5.41) is 5.85. The summed E-state index contributed by atoms with van der Waals surface area (Å²) < 4.78 is 2.07. The SMILES string of the molecule is Cc1nc2cc(C(=O)Nc3cccc(C(=O)NC4CC4)c3)ccc2n1-c1ccccc1. The smallest absolute Gasteiger partial charge is 0.255 e. The predicted octanol–water partition coefficient (Wildman–Crippen LogP) is 4.48. The lowest BCUT2D eigenvalue weighted by Crippen LogP contribution is -2.25. The van der Waals surface area contributed by atoms with Crippen molar-refractivity contribution in [1.29, 1.82) is 0 Å². The first-order valence-electron chi connectivity index (χ1n) is 10.4. The van der Waals surface area contributed by atoms with Crippen molar-refractivity contribution in [3.05, 3.63) is 89.7 Å². The van der Waals surface area contributed by atoms with Gasteiger partial charge in [-0.05, 0) is 68.3 Å². The highest BCUT2D eigenvalue weighted by Gasteiger charge is 2.24. The number of fused-ring (bicyclic) bond motifs is 1. The minimum absolute atomic E-state index is 0.109. The molecule has 2 N–H and O–H groups in total. The molecule has 3 aromatic carbocycles. The van der Waals surface area contributed by atoms with Crippen LogP contribution in [0.25, 0.3) is 16.7 Å². The number of para-hydroxylation sites is 1. The van der Waals surface area contributed by atoms with E-state index in [4.69, 9.17) is 0 Å². The molecule has 1 aliphatic carbocycles. The summed E-state index contributed by atoms with van der Waals surface area (Å²) in [5.74, 6) is 0.503. The molecule has 4 aromatic rings. The van der Waals surface area contributed by atoms with Gasteiger partial charge in [0.05, 0.1) is 11.0 Å². The van der Waals surface area contributed by atoms with Gasteiger partial charge >= 0.3 is 0 Å². The van der Waals surface area contributed by atoms with Crippen molar-refractivity contribution in [1.82, 2.24) is 14.9 Å². The maximum atomic E-state index is 12.8. The van der Waals surface area contributed by atoms with Gasteiger partial charge in [0, 0.05) is 28.5 Å². The average Bonchev–Trinajstić information content (AvgIpc) is 3.53. The van der Waals surface area contributed by atoms with Crippen LogP contribution in [0.2, 0.25) is 0 Å². The van der Waals surface area contributed by atoms with Gasteiger partial charge in [0.1, 0.15) is 5.82 Å². The van der Waals surface area contributed by atoms with Crippen LogP contribution in [0.1, 0.15) is 39.4 Å². The minimum atomic E-state index is -0.242. The van der Waals surface area contributed by atoms with Crippen LogP contribution in [-0.2, 0) is 0 Å². The molecule has 2 amide bonds. The first-order chi connectivity index (χ1) is 15.1. The topological polar surface area (TPSA) is 76.0 Å². The van der Waals surface area contributed by atoms with Gasteiger partial charge in [0.2, 0.25) is 0 Å². The average molecular weight is 410 g/mol. The van der Waals surface area contributed by atoms with E-state index in [1.165, 1.54) is 0 Å². The molecule has 5 rings (SSSR count). The van der Waals surface area contributed by atoms with Crippen molar-refractivity contribution < 1.29 is 9.59 Å². The Hall–Kier alpha value is -3.93. The molecule has 0 radical (unpaired) electrons. The highest BCUT2D eigenvalue weighted by atomic mass is 16.2. The van der Waals surface area contributed by atoms with E-state index in [1.807, 2.05) is 43.3 Å². The number of carbonyl (C=O) groups excluding carboxylic acids is 2. The van der Waals surface area contributed by atoms with Crippen molar-refractivity contribution in [2.75, 3.05) is 5.32 Å². The number of rotatable bonds is 5. The Balaban J connectivity index is 1.38. The summed E-state index contributed by atoms with van der Waals surface area (Å²) in [6.07, 6.45) is 2.06. The fourth-order valence-corrected chi connectivity index (χ4v) is 3.68. The number of aryl methyl sites for hydroxylation is 1. The van der Waals surface area contributed by atoms with Crippen molar-refractivity contribution in [3.8, 4) is 5.69 Å². The Bertz CT molecular complexity index is 1290. The predicted molar refractivity (Wildman–Crippen MR) is 121 cm³/mol. The lowest BCUT2D eigenvalue weighted by molar-refractivity contribution is 0.0949. The number of benzene rings is 3. The monoisotopic (exact) mass is 410 g/mol. The molecule has 1 aliphatic rings. The first-order valence-corrected chi connectivity index (χ1v) is 10.4. The molecule has 0 bridgehead atoms. The zero-order valence-corrected chi connectivity index (χ0v) is 17.1. The van der Waals surface area contributed by atoms with Crippen molar-refractivity contribution in [2.45, 2.75) is 25.8 Å². The quantitative estimate of drug-likeness (QED) is 0.509. The summed E-state index contributed by atoms with van der Waals surface area (Å²) in [4.78, 5) is 29.7. The Labute approximate surface area is 179 Å². The second kappa shape index (κ2) is 7.72. The van der Waals surface area contributed by atoms with Crippen LogP contribution in [0.5, 0.6) is 0 Å². The normalized spacial score (nSPS) is 13.2. The summed E-state index contributed by atoms with van der Waals surface area (Å²) in [7, 11) is 0. The lowest BCUT2D eigenvalue weighted by atomic mass is 10.1. The van der Waals surface area contributed by atoms with Gasteiger partial charge in [-0.2, -0.15) is 0 Å². The molecule has 1 aromatic heterocycles. The van der Waals surface area contributed by atoms with Crippen LogP contribution in [-0.4, -0.2) is 27.4 Å². The van der Waals surface area contributed by atoms with Crippen molar-refractivity contribution in [2.24, 2.45) is 0 Å². The molecule has 0 spiro atoms. The standard InChI is InChI=1S/C25H22N4O2/c1-16-26-22-15-18(10-13-23(22)29(16)21-8-3-2-4-9-21)25(31)28-20-7-5-6-17(14-20)24(30)27-19-11-12-19/h2-10,13-15,19H,11-12H2,1H3,(H,27,30)(H,28,31). The number of hydrogen-bond donors (Lipinski definition) is 2. The van der Waals surface area contributed by atoms with Gasteiger partial charge in [0.15, 0.2) is 0 Å². The van der Waals surface area contributed by atoms with E-state index in [9.17, 15) is 9.59 Å². The molecular formula is C25H22N4O2. The maximum absolute atomic E-state index is 12.8. The molecule has 0 saturated heterocycles. The van der Waals surface area contributed by atoms with E-state index in [1.54, 1.807) is 36.4 Å². The molecule has 6 heteroatoms. The fraction of sp³-hybridized carbons (Fsp3) is 0.160. The second-order valence-corrected chi connectivity index (χ2v) is 7.82. The van der Waals surface area contributed by atoms with Crippen LogP contribution in [0, 0.1) is 6.92 Å². The lowest BCUT2D eigenvalue weighted by Gasteiger charge is -2.09. The molecule has 0 unspecified atom stereocenters. The van der Waals surface area contributed by atoms with E-state index in [0.29, 0.717) is 16.8 Å². The van der Waals surface area contributed by atoms with E-state index < -0.39 is 0 Å². The van der Waals surface area contributed by atoms with Gasteiger partial charge in [-0.3, -0.25) is 14.2 Å². The number of carbonyl (C=O) groups is 2. The van der Waals surface area contributed by atoms with E-state index in [0.717, 1.165) is 35.4 Å². The molecule has 1 heterocycles. The molecule has 1 saturated carbocycles. The first kappa shape index (κ1) is 19.1. The summed E-state index contributed by atoms with van der Waals surface area (Å²) in [6, 6.07) is 22.8. The Kier molecular flexibility index (Phi) is 4.75. The highest BCUT2D eigenvalue weighted by Crippen LogP contribution is 2.23. The number of amides is 2. The summed E-state index contributed by atoms with van der Waals surface area (Å²) in [6.45, 7) is 1.95. The third kappa shape index (κ3) is 3.92. The molecule has 6 nitrogen and oxygen atoms in total. The van der Waals surface area contributed by atoms with E-state index in [-0.39, 0.29) is 17.9 Å². The minimum Gasteiger partial charge on any atom is -0.349 e. The van der Waals surface area contributed by atoms with Gasteiger partial charge < -0.3 is 10.6 Å². The fourth-order valence-electron chi connectivity index (χ4n) is 3.68. The van der Waals surface area contributed by atoms with E-state index in [2.05, 4.69) is 20.2 Å². The molecular weight excluding hydrogens is 388 g/mol. The number of aromatic nitrogens is 2. The van der Waals surface area contributed by atoms with Gasteiger partial charge in [-0.15, -0.1) is 0 Å². The third-order valence-electron chi connectivity index (χ3n) is 5.39. The van der Waals surface area contributed by atoms with E-state index >= 15 is 0 Å². The number of imidazole rings is 1. The Morgan fingerprint density at radius 1 is 0.903 bits per heavy atom. The highest BCUT2D eigenvalue weighted by molar-refractivity contribution is 6.06. The third-order valence-corrected chi connectivity index (χ3v) is 5.39. The van der Waals surface area contributed by atoms with Crippen LogP contribution in [0.4, 0.5) is 5.69 Å². The maximum Gasteiger partial charge on any atom is 0.255 e. The molecule has 0 aliphatic heterocycles. The Morgan fingerprint density at radius 3 is 2.45 bits per heavy atom. The second-order valence-electron chi connectivity index (χ2n) is 7.82. The molecule has 154 valence electrons. The zero-order chi connectivity index (χ0) is 21.4. The summed E-state index contributed by atoms with van der Waals surface area (Å²) >= 11 is 0. The number of nitrogens with zero attached hydrogens (tertiary/aromatic N) is 2. The molecule has 1 fully saturated rings. The molecule has 0 atom stereocenters. The number of anilines is 1. The van der Waals surface area contributed by atoms with Gasteiger partial charge in [-0.25, -0.2) is 4.98 Å².